The van der Waals surface area contributed by atoms with Crippen LogP contribution in [-0.4, -0.2) is 64.2 Å². The van der Waals surface area contributed by atoms with Crippen molar-refractivity contribution in [2.45, 2.75) is 12.5 Å². The van der Waals surface area contributed by atoms with Gasteiger partial charge in [0.1, 0.15) is 11.5 Å². The Morgan fingerprint density at radius 2 is 2.17 bits per heavy atom. The molecule has 7 nitrogen and oxygen atoms in total. The van der Waals surface area contributed by atoms with Gasteiger partial charge in [-0.15, -0.1) is 0 Å². The van der Waals surface area contributed by atoms with Crippen molar-refractivity contribution in [1.29, 1.82) is 0 Å². The lowest BCUT2D eigenvalue weighted by Crippen LogP contribution is -2.56. The maximum Gasteiger partial charge on any atom is 0.322 e. The zero-order chi connectivity index (χ0) is 16.9. The van der Waals surface area contributed by atoms with E-state index in [9.17, 15) is 4.79 Å². The van der Waals surface area contributed by atoms with Gasteiger partial charge in [-0.1, -0.05) is 0 Å². The largest absolute Gasteiger partial charge is 0.497 e. The summed E-state index contributed by atoms with van der Waals surface area (Å²) in [6.07, 6.45) is 1.18. The van der Waals surface area contributed by atoms with E-state index < -0.39 is 0 Å². The maximum absolute atomic E-state index is 12.3. The molecule has 3 rings (SSSR count). The molecule has 0 bridgehead atoms. The van der Waals surface area contributed by atoms with Gasteiger partial charge in [-0.3, -0.25) is 0 Å². The predicted molar refractivity (Wildman–Crippen MR) is 88.8 cm³/mol. The van der Waals surface area contributed by atoms with Gasteiger partial charge < -0.3 is 29.2 Å². The highest BCUT2D eigenvalue weighted by atomic mass is 16.5. The third-order valence-electron chi connectivity index (χ3n) is 4.38. The molecule has 2 fully saturated rings. The van der Waals surface area contributed by atoms with Gasteiger partial charge in [0.05, 0.1) is 52.3 Å². The fourth-order valence-corrected chi connectivity index (χ4v) is 2.79. The van der Waals surface area contributed by atoms with Crippen LogP contribution in [-0.2, 0) is 9.47 Å². The van der Waals surface area contributed by atoms with Crippen molar-refractivity contribution in [2.24, 2.45) is 5.92 Å². The SMILES string of the molecule is COc1ccc(NC(=O)N2CC(OCC3CCOC3)C2)c(OC)c1. The van der Waals surface area contributed by atoms with Gasteiger partial charge in [0.25, 0.3) is 0 Å². The minimum Gasteiger partial charge on any atom is -0.497 e. The first kappa shape index (κ1) is 16.9. The Bertz CT molecular complexity index is 568. The van der Waals surface area contributed by atoms with Crippen LogP contribution in [0.15, 0.2) is 18.2 Å². The summed E-state index contributed by atoms with van der Waals surface area (Å²) in [7, 11) is 3.15. The molecule has 2 aliphatic rings. The van der Waals surface area contributed by atoms with Crippen molar-refractivity contribution in [3.63, 3.8) is 0 Å². The average Bonchev–Trinajstić information content (AvgIpc) is 3.07. The van der Waals surface area contributed by atoms with Gasteiger partial charge in [0.2, 0.25) is 0 Å². The lowest BCUT2D eigenvalue weighted by molar-refractivity contribution is -0.0468. The monoisotopic (exact) mass is 336 g/mol. The molecule has 0 aromatic heterocycles. The normalized spacial score (nSPS) is 20.6. The van der Waals surface area contributed by atoms with Crippen molar-refractivity contribution in [2.75, 3.05) is 52.4 Å². The third kappa shape index (κ3) is 3.91. The molecular formula is C17H24N2O5. The van der Waals surface area contributed by atoms with Gasteiger partial charge in [-0.05, 0) is 18.6 Å². The first-order valence-electron chi connectivity index (χ1n) is 8.17. The van der Waals surface area contributed by atoms with Crippen LogP contribution < -0.4 is 14.8 Å². The van der Waals surface area contributed by atoms with Crippen LogP contribution in [0.25, 0.3) is 0 Å². The molecule has 1 aromatic carbocycles. The third-order valence-corrected chi connectivity index (χ3v) is 4.38. The highest BCUT2D eigenvalue weighted by molar-refractivity contribution is 5.91. The predicted octanol–water partition coefficient (Wildman–Crippen LogP) is 1.97. The smallest absolute Gasteiger partial charge is 0.322 e. The summed E-state index contributed by atoms with van der Waals surface area (Å²) >= 11 is 0. The summed E-state index contributed by atoms with van der Waals surface area (Å²) in [6, 6.07) is 5.14. The molecule has 0 aliphatic carbocycles. The minimum absolute atomic E-state index is 0.120. The topological polar surface area (TPSA) is 69.3 Å². The van der Waals surface area contributed by atoms with Crippen molar-refractivity contribution < 1.29 is 23.7 Å². The number of carbonyl (C=O) groups is 1. The second-order valence-corrected chi connectivity index (χ2v) is 6.09. The van der Waals surface area contributed by atoms with Crippen molar-refractivity contribution in [3.05, 3.63) is 18.2 Å². The lowest BCUT2D eigenvalue weighted by atomic mass is 10.1. The highest BCUT2D eigenvalue weighted by Crippen LogP contribution is 2.29. The molecule has 2 amide bonds. The van der Waals surface area contributed by atoms with E-state index in [0.717, 1.165) is 19.6 Å². The fourth-order valence-electron chi connectivity index (χ4n) is 2.79. The number of hydrogen-bond donors (Lipinski definition) is 1. The molecule has 0 saturated carbocycles. The number of ether oxygens (including phenoxy) is 4. The standard InChI is InChI=1S/C17H24N2O5/c1-21-13-3-4-15(16(7-13)22-2)18-17(20)19-8-14(9-19)24-11-12-5-6-23-10-12/h3-4,7,12,14H,5-6,8-11H2,1-2H3,(H,18,20). The Hall–Kier alpha value is -1.99. The van der Waals surface area contributed by atoms with Gasteiger partial charge in [0, 0.05) is 18.6 Å². The Kier molecular flexibility index (Phi) is 5.42. The molecule has 7 heteroatoms. The summed E-state index contributed by atoms with van der Waals surface area (Å²) in [6.45, 7) is 3.55. The van der Waals surface area contributed by atoms with Crippen LogP contribution in [0.4, 0.5) is 10.5 Å². The van der Waals surface area contributed by atoms with E-state index in [4.69, 9.17) is 18.9 Å². The van der Waals surface area contributed by atoms with Crippen LogP contribution in [0.5, 0.6) is 11.5 Å². The number of amides is 2. The quantitative estimate of drug-likeness (QED) is 0.860. The molecule has 2 aliphatic heterocycles. The Morgan fingerprint density at radius 1 is 1.33 bits per heavy atom. The van der Waals surface area contributed by atoms with Crippen LogP contribution in [0, 0.1) is 5.92 Å². The number of rotatable bonds is 6. The van der Waals surface area contributed by atoms with Crippen LogP contribution in [0.3, 0.4) is 0 Å². The average molecular weight is 336 g/mol. The number of likely N-dealkylation sites (tertiary alicyclic amines) is 1. The Balaban J connectivity index is 1.45. The Morgan fingerprint density at radius 3 is 2.83 bits per heavy atom. The zero-order valence-electron chi connectivity index (χ0n) is 14.1. The molecule has 0 spiro atoms. The van der Waals surface area contributed by atoms with E-state index >= 15 is 0 Å². The second kappa shape index (κ2) is 7.72. The van der Waals surface area contributed by atoms with Crippen LogP contribution >= 0.6 is 0 Å². The molecule has 1 atom stereocenters. The fraction of sp³-hybridized carbons (Fsp3) is 0.588. The molecule has 2 heterocycles. The van der Waals surface area contributed by atoms with E-state index in [1.165, 1.54) is 0 Å². The van der Waals surface area contributed by atoms with Crippen LogP contribution in [0.2, 0.25) is 0 Å². The summed E-state index contributed by atoms with van der Waals surface area (Å²) < 4.78 is 21.6. The van der Waals surface area contributed by atoms with E-state index in [2.05, 4.69) is 5.32 Å². The molecule has 1 N–H and O–H groups in total. The molecule has 132 valence electrons. The van der Waals surface area contributed by atoms with E-state index in [1.807, 2.05) is 0 Å². The second-order valence-electron chi connectivity index (χ2n) is 6.09. The van der Waals surface area contributed by atoms with Gasteiger partial charge in [-0.25, -0.2) is 4.79 Å². The van der Waals surface area contributed by atoms with E-state index in [1.54, 1.807) is 37.3 Å². The number of benzene rings is 1. The number of hydrogen-bond acceptors (Lipinski definition) is 5. The first-order chi connectivity index (χ1) is 11.7. The summed E-state index contributed by atoms with van der Waals surface area (Å²) in [5.74, 6) is 1.74. The van der Waals surface area contributed by atoms with Crippen molar-refractivity contribution >= 4 is 11.7 Å². The number of anilines is 1. The number of nitrogens with one attached hydrogen (secondary N) is 1. The molecule has 2 saturated heterocycles. The molecule has 0 radical (unpaired) electrons. The van der Waals surface area contributed by atoms with Crippen molar-refractivity contribution in [1.82, 2.24) is 4.90 Å². The molecular weight excluding hydrogens is 312 g/mol. The maximum atomic E-state index is 12.3. The summed E-state index contributed by atoms with van der Waals surface area (Å²) in [5.41, 5.74) is 0.621. The zero-order valence-corrected chi connectivity index (χ0v) is 14.1. The molecule has 1 aromatic rings. The Labute approximate surface area is 141 Å². The summed E-state index contributed by atoms with van der Waals surface area (Å²) in [5, 5.41) is 2.86. The number of methoxy groups -OCH3 is 2. The van der Waals surface area contributed by atoms with E-state index in [-0.39, 0.29) is 12.1 Å². The number of carbonyl (C=O) groups excluding carboxylic acids is 1. The van der Waals surface area contributed by atoms with Gasteiger partial charge in [0.15, 0.2) is 0 Å². The number of nitrogens with zero attached hydrogens (tertiary/aromatic N) is 1. The minimum atomic E-state index is -0.150. The van der Waals surface area contributed by atoms with E-state index in [0.29, 0.717) is 42.8 Å². The first-order valence-corrected chi connectivity index (χ1v) is 8.17. The molecule has 24 heavy (non-hydrogen) atoms. The summed E-state index contributed by atoms with van der Waals surface area (Å²) in [4.78, 5) is 14.0. The van der Waals surface area contributed by atoms with Crippen molar-refractivity contribution in [3.8, 4) is 11.5 Å². The van der Waals surface area contributed by atoms with Crippen LogP contribution in [0.1, 0.15) is 6.42 Å². The lowest BCUT2D eigenvalue weighted by Gasteiger charge is -2.39. The number of urea groups is 1. The highest BCUT2D eigenvalue weighted by Gasteiger charge is 2.32. The molecule has 1 unspecified atom stereocenters. The van der Waals surface area contributed by atoms with Gasteiger partial charge >= 0.3 is 6.03 Å². The van der Waals surface area contributed by atoms with Gasteiger partial charge in [-0.2, -0.15) is 0 Å².